The van der Waals surface area contributed by atoms with Crippen LogP contribution >= 0.6 is 0 Å². The second-order valence-corrected chi connectivity index (χ2v) is 4.29. The van der Waals surface area contributed by atoms with Crippen LogP contribution in [0.15, 0.2) is 48.5 Å². The van der Waals surface area contributed by atoms with Crippen molar-refractivity contribution < 1.29 is 14.6 Å². The van der Waals surface area contributed by atoms with Crippen LogP contribution in [0, 0.1) is 0 Å². The summed E-state index contributed by atoms with van der Waals surface area (Å²) >= 11 is 0. The number of hydrogen-bond donors (Lipinski definition) is 1. The molecule has 0 spiro atoms. The molecule has 1 atom stereocenters. The van der Waals surface area contributed by atoms with Gasteiger partial charge in [-0.15, -0.1) is 0 Å². The fourth-order valence-electron chi connectivity index (χ4n) is 2.34. The van der Waals surface area contributed by atoms with E-state index in [1.807, 2.05) is 48.5 Å². The molecular weight excluding hydrogens is 228 g/mol. The Bertz CT molecular complexity index is 604. The topological polar surface area (TPSA) is 46.5 Å². The van der Waals surface area contributed by atoms with E-state index in [0.717, 1.165) is 22.4 Å². The molecule has 0 saturated heterocycles. The number of aliphatic carboxylic acids is 1. The Morgan fingerprint density at radius 3 is 2.50 bits per heavy atom. The van der Waals surface area contributed by atoms with Gasteiger partial charge in [-0.05, 0) is 11.6 Å². The van der Waals surface area contributed by atoms with Crippen LogP contribution in [0.3, 0.4) is 0 Å². The summed E-state index contributed by atoms with van der Waals surface area (Å²) in [6.07, 6.45) is -0.431. The SMILES string of the molecule is O=C(O)CC1Oc2ccccc2-c2ccccc21. The van der Waals surface area contributed by atoms with Crippen molar-refractivity contribution in [2.45, 2.75) is 12.5 Å². The molecule has 3 nitrogen and oxygen atoms in total. The fourth-order valence-corrected chi connectivity index (χ4v) is 2.34. The molecule has 90 valence electrons. The van der Waals surface area contributed by atoms with E-state index in [-0.39, 0.29) is 6.42 Å². The molecule has 1 aliphatic heterocycles. The number of carbonyl (C=O) groups is 1. The molecule has 0 aromatic heterocycles. The van der Waals surface area contributed by atoms with Crippen molar-refractivity contribution in [3.63, 3.8) is 0 Å². The molecule has 3 rings (SSSR count). The predicted molar refractivity (Wildman–Crippen MR) is 67.5 cm³/mol. The molecule has 1 aliphatic rings. The van der Waals surface area contributed by atoms with Crippen LogP contribution < -0.4 is 4.74 Å². The second kappa shape index (κ2) is 4.18. The largest absolute Gasteiger partial charge is 0.484 e. The molecule has 3 heteroatoms. The van der Waals surface area contributed by atoms with Gasteiger partial charge in [0.05, 0.1) is 6.42 Å². The minimum absolute atomic E-state index is 0.0225. The summed E-state index contributed by atoms with van der Waals surface area (Å²) in [7, 11) is 0. The Morgan fingerprint density at radius 2 is 1.72 bits per heavy atom. The van der Waals surface area contributed by atoms with E-state index in [2.05, 4.69) is 0 Å². The van der Waals surface area contributed by atoms with Crippen molar-refractivity contribution in [2.24, 2.45) is 0 Å². The first kappa shape index (κ1) is 10.8. The number of fused-ring (bicyclic) bond motifs is 3. The molecule has 1 unspecified atom stereocenters. The second-order valence-electron chi connectivity index (χ2n) is 4.29. The normalized spacial score (nSPS) is 16.3. The summed E-state index contributed by atoms with van der Waals surface area (Å²) in [6.45, 7) is 0. The Kier molecular flexibility index (Phi) is 2.52. The van der Waals surface area contributed by atoms with E-state index in [0.29, 0.717) is 0 Å². The first-order chi connectivity index (χ1) is 8.75. The van der Waals surface area contributed by atoms with Crippen LogP contribution in [0.2, 0.25) is 0 Å². The summed E-state index contributed by atoms with van der Waals surface area (Å²) in [5, 5.41) is 8.96. The highest BCUT2D eigenvalue weighted by Gasteiger charge is 2.26. The van der Waals surface area contributed by atoms with Crippen LogP contribution in [0.5, 0.6) is 5.75 Å². The molecule has 0 amide bonds. The van der Waals surface area contributed by atoms with Crippen LogP contribution in [0.1, 0.15) is 18.1 Å². The van der Waals surface area contributed by atoms with Gasteiger partial charge in [-0.3, -0.25) is 4.79 Å². The van der Waals surface area contributed by atoms with E-state index in [9.17, 15) is 4.79 Å². The van der Waals surface area contributed by atoms with Crippen LogP contribution in [-0.4, -0.2) is 11.1 Å². The van der Waals surface area contributed by atoms with Crippen molar-refractivity contribution >= 4 is 5.97 Å². The molecule has 18 heavy (non-hydrogen) atoms. The van der Waals surface area contributed by atoms with Crippen molar-refractivity contribution in [2.75, 3.05) is 0 Å². The highest BCUT2D eigenvalue weighted by Crippen LogP contribution is 2.42. The van der Waals surface area contributed by atoms with E-state index >= 15 is 0 Å². The fraction of sp³-hybridized carbons (Fsp3) is 0.133. The van der Waals surface area contributed by atoms with E-state index < -0.39 is 12.1 Å². The maximum atomic E-state index is 10.9. The predicted octanol–water partition coefficient (Wildman–Crippen LogP) is 3.26. The highest BCUT2D eigenvalue weighted by atomic mass is 16.5. The van der Waals surface area contributed by atoms with Crippen LogP contribution in [0.4, 0.5) is 0 Å². The lowest BCUT2D eigenvalue weighted by Gasteiger charge is -2.27. The van der Waals surface area contributed by atoms with Gasteiger partial charge in [-0.25, -0.2) is 0 Å². The summed E-state index contributed by atoms with van der Waals surface area (Å²) in [5.41, 5.74) is 3.03. The molecule has 0 bridgehead atoms. The van der Waals surface area contributed by atoms with Gasteiger partial charge in [0.25, 0.3) is 0 Å². The van der Waals surface area contributed by atoms with E-state index in [1.165, 1.54) is 0 Å². The molecule has 1 heterocycles. The molecule has 1 N–H and O–H groups in total. The zero-order chi connectivity index (χ0) is 12.5. The van der Waals surface area contributed by atoms with Crippen LogP contribution in [-0.2, 0) is 4.79 Å². The molecule has 2 aromatic rings. The lowest BCUT2D eigenvalue weighted by atomic mass is 9.92. The summed E-state index contributed by atoms with van der Waals surface area (Å²) in [6, 6.07) is 15.5. The molecule has 0 aliphatic carbocycles. The zero-order valence-corrected chi connectivity index (χ0v) is 9.67. The Labute approximate surface area is 105 Å². The van der Waals surface area contributed by atoms with Crippen molar-refractivity contribution in [1.29, 1.82) is 0 Å². The standard InChI is InChI=1S/C15H12O3/c16-15(17)9-14-12-7-2-1-5-10(12)11-6-3-4-8-13(11)18-14/h1-8,14H,9H2,(H,16,17). The minimum atomic E-state index is -0.853. The quantitative estimate of drug-likeness (QED) is 0.876. The van der Waals surface area contributed by atoms with E-state index in [1.54, 1.807) is 0 Å². The van der Waals surface area contributed by atoms with Gasteiger partial charge >= 0.3 is 5.97 Å². The Balaban J connectivity index is 2.13. The summed E-state index contributed by atoms with van der Waals surface area (Å²) in [4.78, 5) is 10.9. The van der Waals surface area contributed by atoms with Crippen molar-refractivity contribution in [3.8, 4) is 16.9 Å². The maximum Gasteiger partial charge on any atom is 0.307 e. The molecular formula is C15H12O3. The van der Waals surface area contributed by atoms with Crippen LogP contribution in [0.25, 0.3) is 11.1 Å². The Morgan fingerprint density at radius 1 is 1.06 bits per heavy atom. The summed E-state index contributed by atoms with van der Waals surface area (Å²) in [5.74, 6) is -0.100. The first-order valence-corrected chi connectivity index (χ1v) is 5.82. The number of hydrogen-bond acceptors (Lipinski definition) is 2. The number of carboxylic acids is 1. The third kappa shape index (κ3) is 1.74. The highest BCUT2D eigenvalue weighted by molar-refractivity contribution is 5.77. The smallest absolute Gasteiger partial charge is 0.307 e. The lowest BCUT2D eigenvalue weighted by Crippen LogP contribution is -2.17. The zero-order valence-electron chi connectivity index (χ0n) is 9.67. The third-order valence-electron chi connectivity index (χ3n) is 3.11. The van der Waals surface area contributed by atoms with Gasteiger partial charge in [0.15, 0.2) is 0 Å². The lowest BCUT2D eigenvalue weighted by molar-refractivity contribution is -0.138. The van der Waals surface area contributed by atoms with Crippen molar-refractivity contribution in [3.05, 3.63) is 54.1 Å². The number of benzene rings is 2. The molecule has 0 fully saturated rings. The third-order valence-corrected chi connectivity index (χ3v) is 3.11. The first-order valence-electron chi connectivity index (χ1n) is 5.82. The minimum Gasteiger partial charge on any atom is -0.484 e. The van der Waals surface area contributed by atoms with Gasteiger partial charge in [0.2, 0.25) is 0 Å². The van der Waals surface area contributed by atoms with Gasteiger partial charge in [-0.2, -0.15) is 0 Å². The van der Waals surface area contributed by atoms with Gasteiger partial charge < -0.3 is 9.84 Å². The average Bonchev–Trinajstić information content (AvgIpc) is 2.38. The average molecular weight is 240 g/mol. The Hall–Kier alpha value is -2.29. The number of ether oxygens (including phenoxy) is 1. The molecule has 2 aromatic carbocycles. The van der Waals surface area contributed by atoms with Gasteiger partial charge in [-0.1, -0.05) is 42.5 Å². The number of carboxylic acid groups (broad SMARTS) is 1. The van der Waals surface area contributed by atoms with Gasteiger partial charge in [0, 0.05) is 11.1 Å². The number of para-hydroxylation sites is 1. The monoisotopic (exact) mass is 240 g/mol. The molecule has 0 saturated carbocycles. The molecule has 0 radical (unpaired) electrons. The van der Waals surface area contributed by atoms with E-state index in [4.69, 9.17) is 9.84 Å². The van der Waals surface area contributed by atoms with Crippen molar-refractivity contribution in [1.82, 2.24) is 0 Å². The van der Waals surface area contributed by atoms with Gasteiger partial charge in [0.1, 0.15) is 11.9 Å². The maximum absolute atomic E-state index is 10.9. The summed E-state index contributed by atoms with van der Waals surface area (Å²) < 4.78 is 5.79. The number of rotatable bonds is 2.